The van der Waals surface area contributed by atoms with E-state index in [9.17, 15) is 9.59 Å². The fourth-order valence-corrected chi connectivity index (χ4v) is 2.09. The Balaban J connectivity index is 2.62. The maximum Gasteiger partial charge on any atom is 0.246 e. The molecule has 1 unspecified atom stereocenters. The van der Waals surface area contributed by atoms with Crippen molar-refractivity contribution < 1.29 is 9.59 Å². The van der Waals surface area contributed by atoms with Crippen LogP contribution < -0.4 is 5.32 Å². The van der Waals surface area contributed by atoms with E-state index >= 15 is 0 Å². The molecule has 2 amide bonds. The van der Waals surface area contributed by atoms with Gasteiger partial charge in [0.25, 0.3) is 0 Å². The van der Waals surface area contributed by atoms with E-state index in [1.807, 2.05) is 23.9 Å². The molecular weight excluding hydrogens is 244 g/mol. The molecule has 0 aromatic heterocycles. The lowest BCUT2D eigenvalue weighted by Crippen LogP contribution is -2.56. The van der Waals surface area contributed by atoms with Crippen LogP contribution in [0.15, 0.2) is 0 Å². The van der Waals surface area contributed by atoms with Crippen LogP contribution >= 0.6 is 0 Å². The lowest BCUT2D eigenvalue weighted by molar-refractivity contribution is -0.138. The number of hydrogen-bond acceptors (Lipinski definition) is 4. The van der Waals surface area contributed by atoms with Crippen LogP contribution in [0.2, 0.25) is 0 Å². The van der Waals surface area contributed by atoms with Gasteiger partial charge in [0.2, 0.25) is 11.8 Å². The Morgan fingerprint density at radius 3 is 2.26 bits per heavy atom. The van der Waals surface area contributed by atoms with Gasteiger partial charge in [-0.2, -0.15) is 0 Å². The van der Waals surface area contributed by atoms with Crippen molar-refractivity contribution >= 4 is 11.8 Å². The fraction of sp³-hybridized carbons (Fsp3) is 0.846. The van der Waals surface area contributed by atoms with Gasteiger partial charge in [-0.05, 0) is 21.1 Å². The van der Waals surface area contributed by atoms with Gasteiger partial charge >= 0.3 is 0 Å². The molecule has 1 aliphatic heterocycles. The number of piperazine rings is 1. The molecule has 1 heterocycles. The molecule has 6 heteroatoms. The van der Waals surface area contributed by atoms with Gasteiger partial charge in [-0.15, -0.1) is 0 Å². The molecule has 1 atom stereocenters. The molecule has 1 N–H and O–H groups in total. The van der Waals surface area contributed by atoms with E-state index in [0.29, 0.717) is 13.0 Å². The van der Waals surface area contributed by atoms with Crippen molar-refractivity contribution in [3.63, 3.8) is 0 Å². The molecule has 110 valence electrons. The Hall–Kier alpha value is -1.14. The second kappa shape index (κ2) is 7.45. The summed E-state index contributed by atoms with van der Waals surface area (Å²) in [5, 5.41) is 2.82. The average molecular weight is 270 g/mol. The molecule has 1 rings (SSSR count). The van der Waals surface area contributed by atoms with Crippen molar-refractivity contribution in [3.05, 3.63) is 0 Å². The van der Waals surface area contributed by atoms with E-state index in [1.165, 1.54) is 0 Å². The zero-order valence-electron chi connectivity index (χ0n) is 12.5. The molecule has 19 heavy (non-hydrogen) atoms. The summed E-state index contributed by atoms with van der Waals surface area (Å²) in [6.45, 7) is 5.59. The molecule has 0 spiro atoms. The minimum absolute atomic E-state index is 0.0311. The standard InChI is InChI=1S/C13H26N4O2/c1-5-12(18)14-11(10-15(2)3)13(19)17-8-6-16(4)7-9-17/h11H,5-10H2,1-4H3,(H,14,18). The highest BCUT2D eigenvalue weighted by Crippen LogP contribution is 2.03. The number of rotatable bonds is 5. The average Bonchev–Trinajstić information content (AvgIpc) is 2.37. The van der Waals surface area contributed by atoms with Crippen LogP contribution in [-0.4, -0.2) is 86.4 Å². The highest BCUT2D eigenvalue weighted by Gasteiger charge is 2.27. The van der Waals surface area contributed by atoms with Crippen molar-refractivity contribution in [2.45, 2.75) is 19.4 Å². The van der Waals surface area contributed by atoms with Crippen LogP contribution in [0.3, 0.4) is 0 Å². The molecule has 6 nitrogen and oxygen atoms in total. The zero-order valence-corrected chi connectivity index (χ0v) is 12.5. The lowest BCUT2D eigenvalue weighted by atomic mass is 10.2. The third-order valence-electron chi connectivity index (χ3n) is 3.32. The minimum atomic E-state index is -0.439. The molecule has 0 bridgehead atoms. The maximum atomic E-state index is 12.5. The molecule has 0 radical (unpaired) electrons. The third-order valence-corrected chi connectivity index (χ3v) is 3.32. The van der Waals surface area contributed by atoms with Gasteiger partial charge in [-0.3, -0.25) is 9.59 Å². The first-order valence-electron chi connectivity index (χ1n) is 6.85. The van der Waals surface area contributed by atoms with Crippen molar-refractivity contribution in [2.75, 3.05) is 53.9 Å². The molecule has 1 fully saturated rings. The van der Waals surface area contributed by atoms with Gasteiger partial charge in [0.15, 0.2) is 0 Å². The summed E-state index contributed by atoms with van der Waals surface area (Å²) in [5.41, 5.74) is 0. The van der Waals surface area contributed by atoms with Crippen molar-refractivity contribution in [3.8, 4) is 0 Å². The first-order valence-corrected chi connectivity index (χ1v) is 6.85. The van der Waals surface area contributed by atoms with Crippen LogP contribution in [0.25, 0.3) is 0 Å². The van der Waals surface area contributed by atoms with Gasteiger partial charge in [0, 0.05) is 39.1 Å². The Morgan fingerprint density at radius 2 is 1.79 bits per heavy atom. The van der Waals surface area contributed by atoms with Gasteiger partial charge < -0.3 is 20.0 Å². The minimum Gasteiger partial charge on any atom is -0.343 e. The van der Waals surface area contributed by atoms with Crippen molar-refractivity contribution in [2.24, 2.45) is 0 Å². The van der Waals surface area contributed by atoms with Crippen LogP contribution in [-0.2, 0) is 9.59 Å². The number of nitrogens with one attached hydrogen (secondary N) is 1. The third kappa shape index (κ3) is 5.16. The number of carbonyl (C=O) groups is 2. The summed E-state index contributed by atoms with van der Waals surface area (Å²) < 4.78 is 0. The van der Waals surface area contributed by atoms with Crippen molar-refractivity contribution in [1.82, 2.24) is 20.0 Å². The zero-order chi connectivity index (χ0) is 14.4. The molecule has 0 aliphatic carbocycles. The summed E-state index contributed by atoms with van der Waals surface area (Å²) in [6, 6.07) is -0.439. The second-order valence-corrected chi connectivity index (χ2v) is 5.36. The fourth-order valence-electron chi connectivity index (χ4n) is 2.09. The summed E-state index contributed by atoms with van der Waals surface area (Å²) in [5.74, 6) is -0.0436. The van der Waals surface area contributed by atoms with Gasteiger partial charge in [0.1, 0.15) is 6.04 Å². The summed E-state index contributed by atoms with van der Waals surface area (Å²) in [4.78, 5) is 30.0. The normalized spacial score (nSPS) is 18.5. The predicted molar refractivity (Wildman–Crippen MR) is 74.9 cm³/mol. The van der Waals surface area contributed by atoms with Crippen LogP contribution in [0, 0.1) is 0 Å². The van der Waals surface area contributed by atoms with E-state index in [-0.39, 0.29) is 11.8 Å². The van der Waals surface area contributed by atoms with Crippen LogP contribution in [0.4, 0.5) is 0 Å². The molecule has 0 aromatic rings. The largest absolute Gasteiger partial charge is 0.343 e. The molecule has 0 aromatic carbocycles. The predicted octanol–water partition coefficient (Wildman–Crippen LogP) is -0.783. The van der Waals surface area contributed by atoms with Gasteiger partial charge in [-0.25, -0.2) is 0 Å². The van der Waals surface area contributed by atoms with E-state index in [4.69, 9.17) is 0 Å². The monoisotopic (exact) mass is 270 g/mol. The van der Waals surface area contributed by atoms with Crippen LogP contribution in [0.1, 0.15) is 13.3 Å². The topological polar surface area (TPSA) is 55.9 Å². The number of hydrogen-bond donors (Lipinski definition) is 1. The summed E-state index contributed by atoms with van der Waals surface area (Å²) >= 11 is 0. The van der Waals surface area contributed by atoms with Gasteiger partial charge in [-0.1, -0.05) is 6.92 Å². The lowest BCUT2D eigenvalue weighted by Gasteiger charge is -2.35. The van der Waals surface area contributed by atoms with E-state index < -0.39 is 6.04 Å². The van der Waals surface area contributed by atoms with Crippen LogP contribution in [0.5, 0.6) is 0 Å². The summed E-state index contributed by atoms with van der Waals surface area (Å²) in [6.07, 6.45) is 0.403. The Bertz CT molecular complexity index is 312. The van der Waals surface area contributed by atoms with Gasteiger partial charge in [0.05, 0.1) is 0 Å². The first-order chi connectivity index (χ1) is 8.93. The quantitative estimate of drug-likeness (QED) is 0.712. The Morgan fingerprint density at radius 1 is 1.21 bits per heavy atom. The number of likely N-dealkylation sites (N-methyl/N-ethyl adjacent to an activating group) is 2. The second-order valence-electron chi connectivity index (χ2n) is 5.36. The Kier molecular flexibility index (Phi) is 6.24. The molecule has 1 aliphatic rings. The summed E-state index contributed by atoms with van der Waals surface area (Å²) in [7, 11) is 5.86. The SMILES string of the molecule is CCC(=O)NC(CN(C)C)C(=O)N1CCN(C)CC1. The Labute approximate surface area is 115 Å². The number of nitrogens with zero attached hydrogens (tertiary/aromatic N) is 3. The van der Waals surface area contributed by atoms with Crippen molar-refractivity contribution in [1.29, 1.82) is 0 Å². The maximum absolute atomic E-state index is 12.5. The molecule has 1 saturated heterocycles. The molecular formula is C13H26N4O2. The highest BCUT2D eigenvalue weighted by atomic mass is 16.2. The highest BCUT2D eigenvalue weighted by molar-refractivity contribution is 5.87. The first kappa shape index (κ1) is 15.9. The smallest absolute Gasteiger partial charge is 0.246 e. The van der Waals surface area contributed by atoms with E-state index in [1.54, 1.807) is 6.92 Å². The number of amides is 2. The van der Waals surface area contributed by atoms with E-state index in [2.05, 4.69) is 17.3 Å². The molecule has 0 saturated carbocycles. The number of carbonyl (C=O) groups excluding carboxylic acids is 2. The van der Waals surface area contributed by atoms with E-state index in [0.717, 1.165) is 26.2 Å².